The van der Waals surface area contributed by atoms with Gasteiger partial charge in [-0.3, -0.25) is 0 Å². The highest BCUT2D eigenvalue weighted by Gasteiger charge is 2.35. The molecule has 104 valence electrons. The van der Waals surface area contributed by atoms with E-state index in [1.165, 1.54) is 14.0 Å². The maximum absolute atomic E-state index is 11.6. The van der Waals surface area contributed by atoms with Crippen molar-refractivity contribution in [1.29, 1.82) is 0 Å². The summed E-state index contributed by atoms with van der Waals surface area (Å²) < 4.78 is 4.62. The van der Waals surface area contributed by atoms with Gasteiger partial charge in [0.25, 0.3) is 0 Å². The zero-order valence-corrected chi connectivity index (χ0v) is 11.3. The summed E-state index contributed by atoms with van der Waals surface area (Å²) in [5.74, 6) is -0.635. The van der Waals surface area contributed by atoms with Crippen molar-refractivity contribution in [3.8, 4) is 0 Å². The number of rotatable bonds is 3. The van der Waals surface area contributed by atoms with E-state index in [2.05, 4.69) is 4.74 Å². The number of carbonyl (C=O) groups is 1. The number of esters is 1. The van der Waals surface area contributed by atoms with Gasteiger partial charge in [-0.1, -0.05) is 18.2 Å². The van der Waals surface area contributed by atoms with Crippen LogP contribution >= 0.6 is 0 Å². The molecular formula is C14H20N2O3. The number of methoxy groups -OCH3 is 1. The van der Waals surface area contributed by atoms with Gasteiger partial charge in [-0.25, -0.2) is 4.79 Å². The molecule has 3 N–H and O–H groups in total. The van der Waals surface area contributed by atoms with Crippen molar-refractivity contribution in [1.82, 2.24) is 0 Å². The minimum absolute atomic E-state index is 0.00310. The minimum atomic E-state index is -1.54. The van der Waals surface area contributed by atoms with Crippen LogP contribution in [0.15, 0.2) is 24.3 Å². The number of hydrogen-bond donors (Lipinski definition) is 2. The van der Waals surface area contributed by atoms with Gasteiger partial charge in [-0.15, -0.1) is 0 Å². The van der Waals surface area contributed by atoms with Gasteiger partial charge in [0.2, 0.25) is 0 Å². The molecule has 19 heavy (non-hydrogen) atoms. The molecule has 2 atom stereocenters. The van der Waals surface area contributed by atoms with Crippen LogP contribution < -0.4 is 10.6 Å². The molecule has 0 bridgehead atoms. The topological polar surface area (TPSA) is 75.8 Å². The van der Waals surface area contributed by atoms with Gasteiger partial charge in [0.05, 0.1) is 13.7 Å². The average molecular weight is 264 g/mol. The first kappa shape index (κ1) is 13.8. The van der Waals surface area contributed by atoms with E-state index < -0.39 is 11.6 Å². The van der Waals surface area contributed by atoms with Crippen molar-refractivity contribution < 1.29 is 14.6 Å². The zero-order chi connectivity index (χ0) is 14.0. The minimum Gasteiger partial charge on any atom is -0.467 e. The quantitative estimate of drug-likeness (QED) is 0.768. The maximum atomic E-state index is 11.6. The molecule has 0 aliphatic carbocycles. The third-order valence-electron chi connectivity index (χ3n) is 3.39. The largest absolute Gasteiger partial charge is 0.467 e. The van der Waals surface area contributed by atoms with Gasteiger partial charge in [0, 0.05) is 18.3 Å². The maximum Gasteiger partial charge on any atom is 0.339 e. The lowest BCUT2D eigenvalue weighted by Gasteiger charge is -2.37. The Bertz CT molecular complexity index is 474. The van der Waals surface area contributed by atoms with Gasteiger partial charge >= 0.3 is 5.97 Å². The summed E-state index contributed by atoms with van der Waals surface area (Å²) >= 11 is 0. The van der Waals surface area contributed by atoms with Crippen LogP contribution in [0.2, 0.25) is 0 Å². The van der Waals surface area contributed by atoms with Gasteiger partial charge in [0.15, 0.2) is 5.60 Å². The second-order valence-electron chi connectivity index (χ2n) is 5.24. The van der Waals surface area contributed by atoms with Crippen molar-refractivity contribution in [3.05, 3.63) is 29.8 Å². The molecule has 1 aliphatic rings. The number of carbonyl (C=O) groups excluding carboxylic acids is 1. The van der Waals surface area contributed by atoms with E-state index >= 15 is 0 Å². The van der Waals surface area contributed by atoms with Gasteiger partial charge < -0.3 is 20.5 Å². The number of ether oxygens (including phenoxy) is 1. The molecule has 0 spiro atoms. The molecule has 1 aromatic rings. The van der Waals surface area contributed by atoms with Crippen molar-refractivity contribution in [2.24, 2.45) is 5.73 Å². The van der Waals surface area contributed by atoms with E-state index in [1.807, 2.05) is 29.2 Å². The Morgan fingerprint density at radius 1 is 1.58 bits per heavy atom. The molecule has 1 aromatic carbocycles. The van der Waals surface area contributed by atoms with E-state index in [4.69, 9.17) is 5.73 Å². The van der Waals surface area contributed by atoms with Crippen LogP contribution in [0.4, 0.5) is 5.69 Å². The van der Waals surface area contributed by atoms with Crippen LogP contribution in [-0.4, -0.2) is 42.9 Å². The third kappa shape index (κ3) is 2.88. The van der Waals surface area contributed by atoms with Gasteiger partial charge in [-0.2, -0.15) is 0 Å². The number of hydrogen-bond acceptors (Lipinski definition) is 5. The van der Waals surface area contributed by atoms with E-state index in [9.17, 15) is 9.90 Å². The number of nitrogens with zero attached hydrogens (tertiary/aromatic N) is 1. The Balaban J connectivity index is 2.24. The zero-order valence-electron chi connectivity index (χ0n) is 11.3. The lowest BCUT2D eigenvalue weighted by atomic mass is 9.96. The Hall–Kier alpha value is -1.59. The number of β-amino-alcohol motifs (C(OH)–C–C–N with tert-alkyl or cyclic N) is 1. The number of benzene rings is 1. The summed E-state index contributed by atoms with van der Waals surface area (Å²) in [6.45, 7) is 2.25. The number of aliphatic hydroxyl groups is 1. The van der Waals surface area contributed by atoms with Crippen LogP contribution in [0.5, 0.6) is 0 Å². The number of anilines is 1. The summed E-state index contributed by atoms with van der Waals surface area (Å²) in [5, 5.41) is 10.2. The summed E-state index contributed by atoms with van der Waals surface area (Å²) in [7, 11) is 1.27. The predicted octanol–water partition coefficient (Wildman–Crippen LogP) is 0.300. The van der Waals surface area contributed by atoms with E-state index in [0.717, 1.165) is 17.7 Å². The summed E-state index contributed by atoms with van der Waals surface area (Å²) in [6, 6.07) is 7.91. The highest BCUT2D eigenvalue weighted by molar-refractivity contribution is 5.79. The highest BCUT2D eigenvalue weighted by atomic mass is 16.5. The number of para-hydroxylation sites is 1. The number of nitrogens with two attached hydrogens (primary N) is 1. The smallest absolute Gasteiger partial charge is 0.339 e. The first-order chi connectivity index (χ1) is 8.94. The van der Waals surface area contributed by atoms with Gasteiger partial charge in [0.1, 0.15) is 0 Å². The molecule has 2 unspecified atom stereocenters. The van der Waals surface area contributed by atoms with Gasteiger partial charge in [-0.05, 0) is 25.0 Å². The standard InChI is InChI=1S/C14H20N2O3/c1-14(18,13(17)19-2)9-16-8-11(15)7-10-5-3-4-6-12(10)16/h3-6,11,18H,7-9,15H2,1-2H3. The lowest BCUT2D eigenvalue weighted by Crippen LogP contribution is -2.52. The Morgan fingerprint density at radius 3 is 2.95 bits per heavy atom. The highest BCUT2D eigenvalue weighted by Crippen LogP contribution is 2.27. The van der Waals surface area contributed by atoms with Crippen molar-refractivity contribution in [2.75, 3.05) is 25.1 Å². The predicted molar refractivity (Wildman–Crippen MR) is 73.0 cm³/mol. The molecule has 0 saturated carbocycles. The fourth-order valence-electron chi connectivity index (χ4n) is 2.53. The molecule has 0 aromatic heterocycles. The first-order valence-electron chi connectivity index (χ1n) is 6.33. The molecule has 0 radical (unpaired) electrons. The van der Waals surface area contributed by atoms with E-state index in [-0.39, 0.29) is 12.6 Å². The lowest BCUT2D eigenvalue weighted by molar-refractivity contribution is -0.159. The molecule has 1 aliphatic heterocycles. The second kappa shape index (κ2) is 5.19. The van der Waals surface area contributed by atoms with Crippen LogP contribution in [-0.2, 0) is 16.0 Å². The summed E-state index contributed by atoms with van der Waals surface area (Å²) in [6.07, 6.45) is 0.813. The third-order valence-corrected chi connectivity index (χ3v) is 3.39. The second-order valence-corrected chi connectivity index (χ2v) is 5.24. The Kier molecular flexibility index (Phi) is 3.78. The molecule has 5 nitrogen and oxygen atoms in total. The van der Waals surface area contributed by atoms with E-state index in [0.29, 0.717) is 6.54 Å². The summed E-state index contributed by atoms with van der Waals surface area (Å²) in [4.78, 5) is 13.5. The van der Waals surface area contributed by atoms with E-state index in [1.54, 1.807) is 0 Å². The molecule has 5 heteroatoms. The normalized spacial score (nSPS) is 21.5. The SMILES string of the molecule is COC(=O)C(C)(O)CN1CC(N)Cc2ccccc21. The molecule has 0 saturated heterocycles. The fourth-order valence-corrected chi connectivity index (χ4v) is 2.53. The molecular weight excluding hydrogens is 244 g/mol. The monoisotopic (exact) mass is 264 g/mol. The average Bonchev–Trinajstić information content (AvgIpc) is 2.37. The van der Waals surface area contributed by atoms with Crippen molar-refractivity contribution in [2.45, 2.75) is 25.0 Å². The number of fused-ring (bicyclic) bond motifs is 1. The first-order valence-corrected chi connectivity index (χ1v) is 6.33. The van der Waals surface area contributed by atoms with Crippen molar-refractivity contribution >= 4 is 11.7 Å². The van der Waals surface area contributed by atoms with Crippen LogP contribution in [0.25, 0.3) is 0 Å². The van der Waals surface area contributed by atoms with Crippen molar-refractivity contribution in [3.63, 3.8) is 0 Å². The molecule has 1 heterocycles. The molecule has 0 amide bonds. The molecule has 2 rings (SSSR count). The Labute approximate surface area is 113 Å². The Morgan fingerprint density at radius 2 is 2.26 bits per heavy atom. The van der Waals surface area contributed by atoms with Crippen LogP contribution in [0, 0.1) is 0 Å². The van der Waals surface area contributed by atoms with Crippen LogP contribution in [0.1, 0.15) is 12.5 Å². The molecule has 0 fully saturated rings. The van der Waals surface area contributed by atoms with Crippen LogP contribution in [0.3, 0.4) is 0 Å². The summed E-state index contributed by atoms with van der Waals surface area (Å²) in [5.41, 5.74) is 6.65. The fraction of sp³-hybridized carbons (Fsp3) is 0.500.